The Balaban J connectivity index is 1.55. The molecule has 0 unspecified atom stereocenters. The molecule has 0 bridgehead atoms. The quantitative estimate of drug-likeness (QED) is 0.268. The van der Waals surface area contributed by atoms with Crippen molar-refractivity contribution in [3.63, 3.8) is 0 Å². The number of carbonyl (C=O) groups is 1. The molecule has 2 saturated carbocycles. The van der Waals surface area contributed by atoms with Gasteiger partial charge in [-0.05, 0) is 56.3 Å². The van der Waals surface area contributed by atoms with Crippen molar-refractivity contribution in [3.05, 3.63) is 29.3 Å². The zero-order chi connectivity index (χ0) is 19.6. The molecule has 2 aliphatic rings. The van der Waals surface area contributed by atoms with Crippen molar-refractivity contribution in [2.75, 3.05) is 0 Å². The van der Waals surface area contributed by atoms with E-state index in [-0.39, 0.29) is 6.07 Å². The highest BCUT2D eigenvalue weighted by atomic mass is 19.2. The molecule has 6 heteroatoms. The second-order valence-electron chi connectivity index (χ2n) is 8.02. The monoisotopic (exact) mass is 386 g/mol. The molecule has 0 spiro atoms. The minimum atomic E-state index is -1.68. The first-order chi connectivity index (χ1) is 12.9. The van der Waals surface area contributed by atoms with Gasteiger partial charge in [-0.1, -0.05) is 26.2 Å². The van der Waals surface area contributed by atoms with Gasteiger partial charge in [0.1, 0.15) is 0 Å². The summed E-state index contributed by atoms with van der Waals surface area (Å²) in [6.45, 7) is 2.23. The van der Waals surface area contributed by atoms with E-state index in [1.54, 1.807) is 0 Å². The van der Waals surface area contributed by atoms with Crippen LogP contribution in [0.4, 0.5) is 17.6 Å². The molecule has 1 aromatic rings. The van der Waals surface area contributed by atoms with Gasteiger partial charge in [-0.25, -0.2) is 8.78 Å². The third kappa shape index (κ3) is 4.46. The number of esters is 1. The Bertz CT molecular complexity index is 649. The molecule has 0 radical (unpaired) electrons. The first-order valence-corrected chi connectivity index (χ1v) is 9.95. The van der Waals surface area contributed by atoms with E-state index in [4.69, 9.17) is 4.74 Å². The topological polar surface area (TPSA) is 26.3 Å². The van der Waals surface area contributed by atoms with Crippen molar-refractivity contribution < 1.29 is 27.1 Å². The molecule has 2 aliphatic carbocycles. The molecular weight excluding hydrogens is 360 g/mol. The molecular formula is C21H26F4O2. The lowest BCUT2D eigenvalue weighted by Crippen LogP contribution is -2.30. The van der Waals surface area contributed by atoms with Crippen LogP contribution in [0.25, 0.3) is 0 Å². The lowest BCUT2D eigenvalue weighted by Gasteiger charge is -2.37. The van der Waals surface area contributed by atoms with Crippen molar-refractivity contribution in [2.24, 2.45) is 23.7 Å². The normalized spacial score (nSPS) is 28.8. The Morgan fingerprint density at radius 3 is 1.85 bits per heavy atom. The SMILES string of the molecule is CC[C@H]1CC[C@H]([C@H]2CC[C@H](C(=O)Oc3c(F)c(F)cc(F)c3F)CC2)CC1. The highest BCUT2D eigenvalue weighted by Gasteiger charge is 2.34. The third-order valence-corrected chi connectivity index (χ3v) is 6.51. The molecule has 2 nitrogen and oxygen atoms in total. The molecule has 0 aromatic heterocycles. The fourth-order valence-corrected chi connectivity index (χ4v) is 4.72. The Hall–Kier alpha value is -1.59. The van der Waals surface area contributed by atoms with Crippen molar-refractivity contribution >= 4 is 5.97 Å². The molecule has 3 rings (SSSR count). The molecule has 0 amide bonds. The minimum Gasteiger partial charge on any atom is -0.420 e. The molecule has 0 aliphatic heterocycles. The number of carbonyl (C=O) groups excluding carboxylic acids is 1. The predicted molar refractivity (Wildman–Crippen MR) is 93.1 cm³/mol. The predicted octanol–water partition coefficient (Wildman–Crippen LogP) is 6.17. The molecule has 0 heterocycles. The fourth-order valence-electron chi connectivity index (χ4n) is 4.72. The van der Waals surface area contributed by atoms with Crippen molar-refractivity contribution in [1.82, 2.24) is 0 Å². The van der Waals surface area contributed by atoms with Crippen LogP contribution in [0.1, 0.15) is 64.7 Å². The van der Waals surface area contributed by atoms with Crippen LogP contribution in [0.15, 0.2) is 6.07 Å². The average molecular weight is 386 g/mol. The van der Waals surface area contributed by atoms with Crippen molar-refractivity contribution in [1.29, 1.82) is 0 Å². The van der Waals surface area contributed by atoms with Crippen LogP contribution >= 0.6 is 0 Å². The highest BCUT2D eigenvalue weighted by Crippen LogP contribution is 2.42. The van der Waals surface area contributed by atoms with Gasteiger partial charge in [0, 0.05) is 6.07 Å². The van der Waals surface area contributed by atoms with Gasteiger partial charge in [-0.15, -0.1) is 0 Å². The van der Waals surface area contributed by atoms with Crippen LogP contribution in [0.5, 0.6) is 5.75 Å². The Morgan fingerprint density at radius 1 is 0.889 bits per heavy atom. The van der Waals surface area contributed by atoms with Crippen LogP contribution in [0, 0.1) is 46.9 Å². The van der Waals surface area contributed by atoms with Crippen molar-refractivity contribution in [2.45, 2.75) is 64.7 Å². The van der Waals surface area contributed by atoms with E-state index in [1.807, 2.05) is 0 Å². The third-order valence-electron chi connectivity index (χ3n) is 6.51. The zero-order valence-electron chi connectivity index (χ0n) is 15.6. The molecule has 150 valence electrons. The summed E-state index contributed by atoms with van der Waals surface area (Å²) >= 11 is 0. The van der Waals surface area contributed by atoms with E-state index < -0.39 is 40.9 Å². The summed E-state index contributed by atoms with van der Waals surface area (Å²) in [6.07, 6.45) is 9.16. The molecule has 1 aromatic carbocycles. The summed E-state index contributed by atoms with van der Waals surface area (Å²) < 4.78 is 58.6. The van der Waals surface area contributed by atoms with Gasteiger partial charge in [-0.2, -0.15) is 8.78 Å². The number of hydrogen-bond donors (Lipinski definition) is 0. The van der Waals surface area contributed by atoms with Crippen LogP contribution in [0.3, 0.4) is 0 Å². The van der Waals surface area contributed by atoms with Crippen LogP contribution in [0.2, 0.25) is 0 Å². The van der Waals surface area contributed by atoms with E-state index in [2.05, 4.69) is 6.92 Å². The van der Waals surface area contributed by atoms with Crippen molar-refractivity contribution in [3.8, 4) is 5.75 Å². The van der Waals surface area contributed by atoms with Gasteiger partial charge in [0.2, 0.25) is 17.4 Å². The maximum absolute atomic E-state index is 13.7. The van der Waals surface area contributed by atoms with Crippen LogP contribution in [-0.4, -0.2) is 5.97 Å². The Morgan fingerprint density at radius 2 is 1.37 bits per heavy atom. The minimum absolute atomic E-state index is 0.0977. The summed E-state index contributed by atoms with van der Waals surface area (Å²) in [5, 5.41) is 0. The van der Waals surface area contributed by atoms with E-state index >= 15 is 0 Å². The summed E-state index contributed by atoms with van der Waals surface area (Å²) in [5.74, 6) is -6.99. The number of benzene rings is 1. The van der Waals surface area contributed by atoms with Crippen LogP contribution < -0.4 is 4.74 Å². The highest BCUT2D eigenvalue weighted by molar-refractivity contribution is 5.75. The van der Waals surface area contributed by atoms with E-state index in [0.29, 0.717) is 24.7 Å². The lowest BCUT2D eigenvalue weighted by atomic mass is 9.69. The van der Waals surface area contributed by atoms with E-state index in [0.717, 1.165) is 18.8 Å². The first-order valence-electron chi connectivity index (χ1n) is 9.95. The van der Waals surface area contributed by atoms with Gasteiger partial charge in [-0.3, -0.25) is 4.79 Å². The standard InChI is InChI=1S/C21H26F4O2/c1-2-12-3-5-13(6-4-12)14-7-9-15(10-8-14)21(26)27-20-18(24)16(22)11-17(23)19(20)25/h11-15H,2-10H2,1H3/t12-,13-,14-,15-. The summed E-state index contributed by atoms with van der Waals surface area (Å²) in [4.78, 5) is 12.3. The smallest absolute Gasteiger partial charge is 0.314 e. The molecule has 0 N–H and O–H groups in total. The summed E-state index contributed by atoms with van der Waals surface area (Å²) in [6, 6.07) is 0.0977. The average Bonchev–Trinajstić information content (AvgIpc) is 2.70. The number of halogens is 4. The maximum atomic E-state index is 13.7. The van der Waals surface area contributed by atoms with Gasteiger partial charge in [0.15, 0.2) is 11.6 Å². The van der Waals surface area contributed by atoms with Gasteiger partial charge in [0.05, 0.1) is 5.92 Å². The zero-order valence-corrected chi connectivity index (χ0v) is 15.6. The van der Waals surface area contributed by atoms with E-state index in [1.165, 1.54) is 32.1 Å². The Kier molecular flexibility index (Phi) is 6.43. The molecule has 2 fully saturated rings. The lowest BCUT2D eigenvalue weighted by molar-refractivity contribution is -0.141. The molecule has 27 heavy (non-hydrogen) atoms. The second-order valence-corrected chi connectivity index (χ2v) is 8.02. The Labute approximate surface area is 157 Å². The fraction of sp³-hybridized carbons (Fsp3) is 0.667. The second kappa shape index (κ2) is 8.61. The van der Waals surface area contributed by atoms with Gasteiger partial charge >= 0.3 is 5.97 Å². The van der Waals surface area contributed by atoms with Gasteiger partial charge in [0.25, 0.3) is 0 Å². The molecule has 0 saturated heterocycles. The maximum Gasteiger partial charge on any atom is 0.314 e. The number of ether oxygens (including phenoxy) is 1. The van der Waals surface area contributed by atoms with E-state index in [9.17, 15) is 22.4 Å². The molecule has 0 atom stereocenters. The van der Waals surface area contributed by atoms with Crippen LogP contribution in [-0.2, 0) is 4.79 Å². The number of rotatable bonds is 4. The first kappa shape index (κ1) is 20.2. The number of hydrogen-bond acceptors (Lipinski definition) is 2. The summed E-state index contributed by atoms with van der Waals surface area (Å²) in [5.41, 5.74) is 0. The summed E-state index contributed by atoms with van der Waals surface area (Å²) in [7, 11) is 0. The van der Waals surface area contributed by atoms with Gasteiger partial charge < -0.3 is 4.74 Å². The largest absolute Gasteiger partial charge is 0.420 e.